The number of halogens is 1. The Labute approximate surface area is 153 Å². The van der Waals surface area contributed by atoms with Crippen molar-refractivity contribution in [3.05, 3.63) is 41.8 Å². The Kier molecular flexibility index (Phi) is 5.09. The maximum atomic E-state index is 13.8. The second kappa shape index (κ2) is 7.63. The summed E-state index contributed by atoms with van der Waals surface area (Å²) >= 11 is 3.05. The van der Waals surface area contributed by atoms with E-state index in [1.165, 1.54) is 17.4 Å². The maximum absolute atomic E-state index is 13.8. The first-order valence-corrected chi connectivity index (χ1v) is 9.93. The summed E-state index contributed by atoms with van der Waals surface area (Å²) in [5, 5.41) is 13.2. The molecule has 1 fully saturated rings. The van der Waals surface area contributed by atoms with Crippen molar-refractivity contribution in [3.8, 4) is 0 Å². The van der Waals surface area contributed by atoms with Crippen molar-refractivity contribution in [1.82, 2.24) is 15.2 Å². The number of nitrogens with one attached hydrogen (secondary N) is 1. The second-order valence-corrected chi connectivity index (χ2v) is 8.02. The molecule has 0 spiro atoms. The van der Waals surface area contributed by atoms with Crippen molar-refractivity contribution in [2.24, 2.45) is 0 Å². The minimum Gasteiger partial charge on any atom is -0.376 e. The first-order valence-electron chi connectivity index (χ1n) is 8.13. The molecule has 0 amide bonds. The van der Waals surface area contributed by atoms with Crippen LogP contribution in [0.25, 0.3) is 10.9 Å². The van der Waals surface area contributed by atoms with Crippen LogP contribution in [0.15, 0.2) is 34.8 Å². The van der Waals surface area contributed by atoms with Gasteiger partial charge < -0.3 is 10.1 Å². The molecular weight excluding hydrogens is 359 g/mol. The molecule has 130 valence electrons. The Morgan fingerprint density at radius 3 is 3.20 bits per heavy atom. The highest BCUT2D eigenvalue weighted by molar-refractivity contribution is 8.00. The molecule has 1 N–H and O–H groups in total. The van der Waals surface area contributed by atoms with Crippen molar-refractivity contribution in [1.29, 1.82) is 0 Å². The Balaban J connectivity index is 1.40. The Bertz CT molecular complexity index is 867. The van der Waals surface area contributed by atoms with Crippen LogP contribution >= 0.6 is 23.1 Å². The average molecular weight is 376 g/mol. The van der Waals surface area contributed by atoms with E-state index < -0.39 is 0 Å². The first kappa shape index (κ1) is 16.7. The predicted octanol–water partition coefficient (Wildman–Crippen LogP) is 4.11. The molecule has 8 heteroatoms. The quantitative estimate of drug-likeness (QED) is 0.654. The zero-order valence-electron chi connectivity index (χ0n) is 13.4. The molecule has 25 heavy (non-hydrogen) atoms. The summed E-state index contributed by atoms with van der Waals surface area (Å²) in [5.41, 5.74) is 1.70. The largest absolute Gasteiger partial charge is 0.376 e. The summed E-state index contributed by atoms with van der Waals surface area (Å²) in [6, 6.07) is 6.74. The van der Waals surface area contributed by atoms with E-state index in [0.29, 0.717) is 5.75 Å². The molecule has 1 atom stereocenters. The number of anilines is 1. The number of rotatable bonds is 6. The first-order chi connectivity index (χ1) is 12.3. The molecule has 1 aliphatic rings. The van der Waals surface area contributed by atoms with Gasteiger partial charge in [0, 0.05) is 30.5 Å². The van der Waals surface area contributed by atoms with Crippen LogP contribution in [0.1, 0.15) is 18.4 Å². The molecule has 3 heterocycles. The SMILES string of the molecule is Fc1cc(CSc2nnc(NCC3CCCO3)s2)c2ncccc2c1. The van der Waals surface area contributed by atoms with Gasteiger partial charge in [0.05, 0.1) is 11.6 Å². The molecule has 0 bridgehead atoms. The molecule has 2 aromatic heterocycles. The number of thioether (sulfide) groups is 1. The van der Waals surface area contributed by atoms with Crippen molar-refractivity contribution < 1.29 is 9.13 Å². The normalized spacial score (nSPS) is 17.2. The molecule has 0 aliphatic carbocycles. The van der Waals surface area contributed by atoms with Gasteiger partial charge in [-0.05, 0) is 36.6 Å². The van der Waals surface area contributed by atoms with E-state index >= 15 is 0 Å². The van der Waals surface area contributed by atoms with E-state index in [9.17, 15) is 4.39 Å². The number of hydrogen-bond donors (Lipinski definition) is 1. The fraction of sp³-hybridized carbons (Fsp3) is 0.353. The van der Waals surface area contributed by atoms with Crippen LogP contribution < -0.4 is 5.32 Å². The van der Waals surface area contributed by atoms with E-state index in [1.807, 2.05) is 12.1 Å². The predicted molar refractivity (Wildman–Crippen MR) is 98.6 cm³/mol. The Morgan fingerprint density at radius 2 is 2.32 bits per heavy atom. The van der Waals surface area contributed by atoms with Gasteiger partial charge in [-0.15, -0.1) is 10.2 Å². The van der Waals surface area contributed by atoms with Gasteiger partial charge in [0.25, 0.3) is 0 Å². The van der Waals surface area contributed by atoms with E-state index in [4.69, 9.17) is 4.74 Å². The standard InChI is InChI=1S/C17H17FN4OS2/c18-13-7-11-3-1-5-19-15(11)12(8-13)10-24-17-22-21-16(25-17)20-9-14-4-2-6-23-14/h1,3,5,7-8,14H,2,4,6,9-10H2,(H,20,21). The van der Waals surface area contributed by atoms with Gasteiger partial charge in [0.2, 0.25) is 5.13 Å². The lowest BCUT2D eigenvalue weighted by molar-refractivity contribution is 0.120. The lowest BCUT2D eigenvalue weighted by Gasteiger charge is -2.08. The molecule has 1 unspecified atom stereocenters. The number of pyridine rings is 1. The van der Waals surface area contributed by atoms with Crippen molar-refractivity contribution in [2.45, 2.75) is 29.0 Å². The molecule has 0 saturated carbocycles. The Hall–Kier alpha value is -1.77. The van der Waals surface area contributed by atoms with Crippen LogP contribution in [0, 0.1) is 5.82 Å². The highest BCUT2D eigenvalue weighted by Crippen LogP contribution is 2.30. The fourth-order valence-corrected chi connectivity index (χ4v) is 4.55. The third-order valence-corrected chi connectivity index (χ3v) is 6.07. The lowest BCUT2D eigenvalue weighted by atomic mass is 10.1. The second-order valence-electron chi connectivity index (χ2n) is 5.82. The van der Waals surface area contributed by atoms with Crippen LogP contribution in [-0.4, -0.2) is 34.4 Å². The fourth-order valence-electron chi connectivity index (χ4n) is 2.82. The van der Waals surface area contributed by atoms with Gasteiger partial charge in [-0.3, -0.25) is 4.98 Å². The van der Waals surface area contributed by atoms with Gasteiger partial charge in [-0.2, -0.15) is 0 Å². The Morgan fingerprint density at radius 1 is 1.36 bits per heavy atom. The summed E-state index contributed by atoms with van der Waals surface area (Å²) in [6.07, 6.45) is 4.21. The zero-order chi connectivity index (χ0) is 17.1. The molecule has 1 saturated heterocycles. The van der Waals surface area contributed by atoms with Crippen LogP contribution in [-0.2, 0) is 10.5 Å². The average Bonchev–Trinajstić information content (AvgIpc) is 3.29. The van der Waals surface area contributed by atoms with E-state index in [2.05, 4.69) is 20.5 Å². The van der Waals surface area contributed by atoms with Crippen LogP contribution in [0.2, 0.25) is 0 Å². The summed E-state index contributed by atoms with van der Waals surface area (Å²) < 4.78 is 20.2. The highest BCUT2D eigenvalue weighted by Gasteiger charge is 2.16. The summed E-state index contributed by atoms with van der Waals surface area (Å²) in [7, 11) is 0. The van der Waals surface area contributed by atoms with Crippen LogP contribution in [0.3, 0.4) is 0 Å². The summed E-state index contributed by atoms with van der Waals surface area (Å²) in [6.45, 7) is 1.61. The van der Waals surface area contributed by atoms with Gasteiger partial charge in [-0.1, -0.05) is 29.2 Å². The van der Waals surface area contributed by atoms with E-state index in [1.54, 1.807) is 24.0 Å². The van der Waals surface area contributed by atoms with Crippen LogP contribution in [0.5, 0.6) is 0 Å². The van der Waals surface area contributed by atoms with Gasteiger partial charge in [0.15, 0.2) is 4.34 Å². The van der Waals surface area contributed by atoms with Crippen molar-refractivity contribution in [2.75, 3.05) is 18.5 Å². The van der Waals surface area contributed by atoms with E-state index in [-0.39, 0.29) is 11.9 Å². The number of nitrogens with zero attached hydrogens (tertiary/aromatic N) is 3. The molecule has 4 rings (SSSR count). The molecular formula is C17H17FN4OS2. The third-order valence-electron chi connectivity index (χ3n) is 4.01. The molecule has 1 aromatic carbocycles. The highest BCUT2D eigenvalue weighted by atomic mass is 32.2. The smallest absolute Gasteiger partial charge is 0.206 e. The molecule has 3 aromatic rings. The third kappa shape index (κ3) is 4.08. The van der Waals surface area contributed by atoms with Crippen molar-refractivity contribution >= 4 is 39.1 Å². The minimum absolute atomic E-state index is 0.243. The lowest BCUT2D eigenvalue weighted by Crippen LogP contribution is -2.18. The number of aromatic nitrogens is 3. The van der Waals surface area contributed by atoms with Gasteiger partial charge in [0.1, 0.15) is 5.82 Å². The number of benzene rings is 1. The van der Waals surface area contributed by atoms with E-state index in [0.717, 1.165) is 51.9 Å². The summed E-state index contributed by atoms with van der Waals surface area (Å²) in [5.74, 6) is 0.360. The number of hydrogen-bond acceptors (Lipinski definition) is 7. The maximum Gasteiger partial charge on any atom is 0.206 e. The zero-order valence-corrected chi connectivity index (χ0v) is 15.1. The monoisotopic (exact) mass is 376 g/mol. The molecule has 0 radical (unpaired) electrons. The van der Waals surface area contributed by atoms with Crippen LogP contribution in [0.4, 0.5) is 9.52 Å². The van der Waals surface area contributed by atoms with Crippen molar-refractivity contribution in [3.63, 3.8) is 0 Å². The topological polar surface area (TPSA) is 59.9 Å². The number of ether oxygens (including phenoxy) is 1. The van der Waals surface area contributed by atoms with Gasteiger partial charge >= 0.3 is 0 Å². The molecule has 5 nitrogen and oxygen atoms in total. The number of fused-ring (bicyclic) bond motifs is 1. The summed E-state index contributed by atoms with van der Waals surface area (Å²) in [4.78, 5) is 4.37. The minimum atomic E-state index is -0.243. The van der Waals surface area contributed by atoms with Gasteiger partial charge in [-0.25, -0.2) is 4.39 Å². The molecule has 1 aliphatic heterocycles.